The summed E-state index contributed by atoms with van der Waals surface area (Å²) in [5.74, 6) is 2.19. The lowest BCUT2D eigenvalue weighted by Crippen LogP contribution is -2.47. The van der Waals surface area contributed by atoms with Gasteiger partial charge < -0.3 is 14.5 Å². The van der Waals surface area contributed by atoms with Crippen molar-refractivity contribution in [3.8, 4) is 5.88 Å². The van der Waals surface area contributed by atoms with E-state index in [-0.39, 0.29) is 0 Å². The van der Waals surface area contributed by atoms with E-state index in [1.54, 1.807) is 25.6 Å². The molecule has 2 aromatic heterocycles. The predicted octanol–water partition coefficient (Wildman–Crippen LogP) is 1.38. The van der Waals surface area contributed by atoms with Gasteiger partial charge in [-0.2, -0.15) is 10.1 Å². The summed E-state index contributed by atoms with van der Waals surface area (Å²) in [5.41, 5.74) is 0. The summed E-state index contributed by atoms with van der Waals surface area (Å²) in [6.45, 7) is 1.89. The van der Waals surface area contributed by atoms with Crippen molar-refractivity contribution in [2.24, 2.45) is 0 Å². The number of nitrogens with zero attached hydrogens (tertiary/aromatic N) is 6. The van der Waals surface area contributed by atoms with Crippen LogP contribution in [-0.4, -0.2) is 53.5 Å². The van der Waals surface area contributed by atoms with Gasteiger partial charge in [0.1, 0.15) is 0 Å². The number of aromatic nitrogens is 4. The van der Waals surface area contributed by atoms with Crippen molar-refractivity contribution in [1.82, 2.24) is 20.2 Å². The molecule has 0 saturated carbocycles. The van der Waals surface area contributed by atoms with E-state index in [0.717, 1.165) is 31.7 Å². The van der Waals surface area contributed by atoms with E-state index < -0.39 is 0 Å². The van der Waals surface area contributed by atoms with Gasteiger partial charge in [0, 0.05) is 44.6 Å². The summed E-state index contributed by atoms with van der Waals surface area (Å²) < 4.78 is 5.18. The Kier molecular flexibility index (Phi) is 4.32. The average Bonchev–Trinajstić information content (AvgIpc) is 2.62. The molecule has 0 N–H and O–H groups in total. The second-order valence-electron chi connectivity index (χ2n) is 5.33. The standard InChI is InChI=1S/C15H20N6O/c1-20(15-16-9-7-14(18-15)22-2)12-5-4-10-21(11-12)13-6-3-8-17-19-13/h3,6-9,12H,4-5,10-11H2,1-2H3/t12-/m1/s1. The molecule has 1 saturated heterocycles. The zero-order chi connectivity index (χ0) is 15.4. The van der Waals surface area contributed by atoms with Crippen LogP contribution in [-0.2, 0) is 0 Å². The first-order chi connectivity index (χ1) is 10.8. The molecule has 0 radical (unpaired) electrons. The summed E-state index contributed by atoms with van der Waals surface area (Å²) >= 11 is 0. The molecule has 0 bridgehead atoms. The molecule has 7 heteroatoms. The third-order valence-electron chi connectivity index (χ3n) is 3.97. The van der Waals surface area contributed by atoms with Gasteiger partial charge in [-0.15, -0.1) is 5.10 Å². The second-order valence-corrected chi connectivity index (χ2v) is 5.33. The minimum atomic E-state index is 0.336. The maximum absolute atomic E-state index is 5.18. The van der Waals surface area contributed by atoms with E-state index >= 15 is 0 Å². The molecule has 0 spiro atoms. The lowest BCUT2D eigenvalue weighted by atomic mass is 10.0. The number of rotatable bonds is 4. The third kappa shape index (κ3) is 3.08. The van der Waals surface area contributed by atoms with Crippen molar-refractivity contribution in [2.75, 3.05) is 37.0 Å². The summed E-state index contributed by atoms with van der Waals surface area (Å²) in [5, 5.41) is 8.17. The molecule has 1 atom stereocenters. The van der Waals surface area contributed by atoms with Gasteiger partial charge in [0.2, 0.25) is 11.8 Å². The van der Waals surface area contributed by atoms with Crippen molar-refractivity contribution in [2.45, 2.75) is 18.9 Å². The van der Waals surface area contributed by atoms with Gasteiger partial charge in [0.25, 0.3) is 0 Å². The highest BCUT2D eigenvalue weighted by Gasteiger charge is 2.25. The van der Waals surface area contributed by atoms with Crippen LogP contribution in [0.1, 0.15) is 12.8 Å². The third-order valence-corrected chi connectivity index (χ3v) is 3.97. The fraction of sp³-hybridized carbons (Fsp3) is 0.467. The fourth-order valence-corrected chi connectivity index (χ4v) is 2.72. The molecule has 0 aliphatic carbocycles. The number of ether oxygens (including phenoxy) is 1. The van der Waals surface area contributed by atoms with E-state index in [9.17, 15) is 0 Å². The van der Waals surface area contributed by atoms with E-state index in [2.05, 4.69) is 30.0 Å². The summed E-state index contributed by atoms with van der Waals surface area (Å²) in [6.07, 6.45) is 5.63. The molecule has 3 heterocycles. The molecule has 22 heavy (non-hydrogen) atoms. The minimum absolute atomic E-state index is 0.336. The van der Waals surface area contributed by atoms with Crippen LogP contribution in [0.4, 0.5) is 11.8 Å². The zero-order valence-corrected chi connectivity index (χ0v) is 12.9. The maximum atomic E-state index is 5.18. The highest BCUT2D eigenvalue weighted by molar-refractivity contribution is 5.40. The maximum Gasteiger partial charge on any atom is 0.228 e. The van der Waals surface area contributed by atoms with Crippen LogP contribution in [0.2, 0.25) is 0 Å². The SMILES string of the molecule is COc1ccnc(N(C)[C@@H]2CCCN(c3cccnn3)C2)n1. The second kappa shape index (κ2) is 6.55. The molecule has 7 nitrogen and oxygen atoms in total. The Morgan fingerprint density at radius 2 is 2.23 bits per heavy atom. The number of hydrogen-bond acceptors (Lipinski definition) is 7. The monoisotopic (exact) mass is 300 g/mol. The highest BCUT2D eigenvalue weighted by Crippen LogP contribution is 2.22. The van der Waals surface area contributed by atoms with Crippen molar-refractivity contribution in [3.63, 3.8) is 0 Å². The van der Waals surface area contributed by atoms with Crippen molar-refractivity contribution >= 4 is 11.8 Å². The predicted molar refractivity (Wildman–Crippen MR) is 84.3 cm³/mol. The fourth-order valence-electron chi connectivity index (χ4n) is 2.72. The Hall–Kier alpha value is -2.44. The summed E-state index contributed by atoms with van der Waals surface area (Å²) in [6, 6.07) is 6.00. The van der Waals surface area contributed by atoms with Gasteiger partial charge in [-0.25, -0.2) is 4.98 Å². The first-order valence-corrected chi connectivity index (χ1v) is 7.40. The first kappa shape index (κ1) is 14.5. The zero-order valence-electron chi connectivity index (χ0n) is 12.9. The minimum Gasteiger partial charge on any atom is -0.481 e. The lowest BCUT2D eigenvalue weighted by molar-refractivity contribution is 0.395. The van der Waals surface area contributed by atoms with Crippen LogP contribution < -0.4 is 14.5 Å². The number of anilines is 2. The van der Waals surface area contributed by atoms with Gasteiger partial charge >= 0.3 is 0 Å². The Morgan fingerprint density at radius 3 is 3.00 bits per heavy atom. The van der Waals surface area contributed by atoms with Gasteiger partial charge in [-0.1, -0.05) is 0 Å². The van der Waals surface area contributed by atoms with Gasteiger partial charge in [-0.3, -0.25) is 0 Å². The smallest absolute Gasteiger partial charge is 0.228 e. The summed E-state index contributed by atoms with van der Waals surface area (Å²) in [4.78, 5) is 13.1. The molecule has 116 valence electrons. The molecule has 2 aromatic rings. The van der Waals surface area contributed by atoms with E-state index in [4.69, 9.17) is 4.74 Å². The van der Waals surface area contributed by atoms with Crippen LogP contribution in [0, 0.1) is 0 Å². The largest absolute Gasteiger partial charge is 0.481 e. The molecular formula is C15H20N6O. The van der Waals surface area contributed by atoms with Crippen LogP contribution in [0.15, 0.2) is 30.6 Å². The van der Waals surface area contributed by atoms with Crippen LogP contribution in [0.25, 0.3) is 0 Å². The van der Waals surface area contributed by atoms with Crippen LogP contribution in [0.3, 0.4) is 0 Å². The Morgan fingerprint density at radius 1 is 1.32 bits per heavy atom. The molecule has 1 fully saturated rings. The van der Waals surface area contributed by atoms with Crippen molar-refractivity contribution < 1.29 is 4.74 Å². The molecule has 1 aliphatic heterocycles. The molecular weight excluding hydrogens is 280 g/mol. The summed E-state index contributed by atoms with van der Waals surface area (Å²) in [7, 11) is 3.64. The number of likely N-dealkylation sites (N-methyl/N-ethyl adjacent to an activating group) is 1. The quantitative estimate of drug-likeness (QED) is 0.845. The Balaban J connectivity index is 1.73. The van der Waals surface area contributed by atoms with E-state index in [1.807, 2.05) is 19.2 Å². The lowest BCUT2D eigenvalue weighted by Gasteiger charge is -2.38. The Labute approximate surface area is 130 Å². The van der Waals surface area contributed by atoms with Gasteiger partial charge in [0.05, 0.1) is 7.11 Å². The van der Waals surface area contributed by atoms with Crippen LogP contribution in [0.5, 0.6) is 5.88 Å². The molecule has 1 aliphatic rings. The van der Waals surface area contributed by atoms with Gasteiger partial charge in [-0.05, 0) is 25.0 Å². The molecule has 0 unspecified atom stereocenters. The molecule has 0 amide bonds. The number of methoxy groups -OCH3 is 1. The highest BCUT2D eigenvalue weighted by atomic mass is 16.5. The number of hydrogen-bond donors (Lipinski definition) is 0. The first-order valence-electron chi connectivity index (χ1n) is 7.40. The molecule has 0 aromatic carbocycles. The van der Waals surface area contributed by atoms with E-state index in [0.29, 0.717) is 17.9 Å². The van der Waals surface area contributed by atoms with Crippen molar-refractivity contribution in [3.05, 3.63) is 30.6 Å². The Bertz CT molecular complexity index is 608. The van der Waals surface area contributed by atoms with Crippen molar-refractivity contribution in [1.29, 1.82) is 0 Å². The van der Waals surface area contributed by atoms with Gasteiger partial charge in [0.15, 0.2) is 5.82 Å². The van der Waals surface area contributed by atoms with E-state index in [1.165, 1.54) is 0 Å². The van der Waals surface area contributed by atoms with Crippen LogP contribution >= 0.6 is 0 Å². The normalized spacial score (nSPS) is 18.1. The molecule has 3 rings (SSSR count). The number of piperidine rings is 1. The average molecular weight is 300 g/mol. The topological polar surface area (TPSA) is 67.3 Å².